The second kappa shape index (κ2) is 7.00. The van der Waals surface area contributed by atoms with Gasteiger partial charge < -0.3 is 15.0 Å². The quantitative estimate of drug-likeness (QED) is 0.777. The molecular formula is C20H27N3O4S. The van der Waals surface area contributed by atoms with Gasteiger partial charge in [-0.15, -0.1) is 0 Å². The summed E-state index contributed by atoms with van der Waals surface area (Å²) in [5, 5.41) is 3.49. The average molecular weight is 406 g/mol. The summed E-state index contributed by atoms with van der Waals surface area (Å²) in [6, 6.07) is 5.21. The van der Waals surface area contributed by atoms with Gasteiger partial charge in [-0.1, -0.05) is 0 Å². The van der Waals surface area contributed by atoms with Crippen molar-refractivity contribution in [1.82, 2.24) is 14.9 Å². The lowest BCUT2D eigenvalue weighted by Gasteiger charge is -2.54. The Morgan fingerprint density at radius 3 is 2.96 bits per heavy atom. The molecule has 0 spiro atoms. The fourth-order valence-corrected chi connectivity index (χ4v) is 6.61. The first kappa shape index (κ1) is 18.4. The van der Waals surface area contributed by atoms with Crippen molar-refractivity contribution in [3.05, 3.63) is 23.8 Å². The van der Waals surface area contributed by atoms with E-state index in [4.69, 9.17) is 4.74 Å². The van der Waals surface area contributed by atoms with Gasteiger partial charge in [0.1, 0.15) is 5.75 Å². The van der Waals surface area contributed by atoms with E-state index in [0.29, 0.717) is 24.9 Å². The largest absolute Gasteiger partial charge is 0.493 e. The predicted molar refractivity (Wildman–Crippen MR) is 104 cm³/mol. The molecule has 7 nitrogen and oxygen atoms in total. The highest BCUT2D eigenvalue weighted by molar-refractivity contribution is 7.89. The number of rotatable bonds is 4. The number of hydrogen-bond donors (Lipinski definition) is 2. The average Bonchev–Trinajstić information content (AvgIpc) is 3.16. The van der Waals surface area contributed by atoms with Crippen LogP contribution in [-0.2, 0) is 21.2 Å². The zero-order valence-electron chi connectivity index (χ0n) is 15.9. The first-order chi connectivity index (χ1) is 13.5. The van der Waals surface area contributed by atoms with Crippen molar-refractivity contribution in [2.24, 2.45) is 11.8 Å². The lowest BCUT2D eigenvalue weighted by atomic mass is 9.72. The Hall–Kier alpha value is -1.64. The number of nitrogens with one attached hydrogen (secondary N) is 2. The Labute approximate surface area is 165 Å². The number of amides is 1. The van der Waals surface area contributed by atoms with Crippen molar-refractivity contribution in [3.63, 3.8) is 0 Å². The molecule has 0 saturated carbocycles. The molecule has 152 valence electrons. The minimum absolute atomic E-state index is 0.0746. The predicted octanol–water partition coefficient (Wildman–Crippen LogP) is 0.889. The van der Waals surface area contributed by atoms with Gasteiger partial charge in [0.15, 0.2) is 0 Å². The Morgan fingerprint density at radius 1 is 1.21 bits per heavy atom. The number of carbonyl (C=O) groups is 1. The van der Waals surface area contributed by atoms with E-state index in [1.165, 1.54) is 0 Å². The third kappa shape index (κ3) is 3.11. The van der Waals surface area contributed by atoms with E-state index in [9.17, 15) is 13.2 Å². The third-order valence-corrected chi connectivity index (χ3v) is 8.27. The maximum absolute atomic E-state index is 12.9. The van der Waals surface area contributed by atoms with Crippen molar-refractivity contribution in [3.8, 4) is 5.75 Å². The molecule has 4 aliphatic rings. The second-order valence-electron chi connectivity index (χ2n) is 8.46. The van der Waals surface area contributed by atoms with Gasteiger partial charge in [-0.05, 0) is 68.0 Å². The number of benzene rings is 1. The molecule has 5 rings (SSSR count). The van der Waals surface area contributed by atoms with E-state index in [1.807, 2.05) is 4.90 Å². The molecular weight excluding hydrogens is 378 g/mol. The molecule has 4 heterocycles. The topological polar surface area (TPSA) is 87.7 Å². The lowest BCUT2D eigenvalue weighted by Crippen LogP contribution is -2.66. The van der Waals surface area contributed by atoms with Crippen LogP contribution < -0.4 is 14.8 Å². The minimum atomic E-state index is -3.63. The van der Waals surface area contributed by atoms with Gasteiger partial charge in [-0.2, -0.15) is 0 Å². The number of sulfonamides is 1. The summed E-state index contributed by atoms with van der Waals surface area (Å²) in [6.45, 7) is 2.68. The van der Waals surface area contributed by atoms with Crippen molar-refractivity contribution >= 4 is 15.9 Å². The Bertz CT molecular complexity index is 887. The van der Waals surface area contributed by atoms with Gasteiger partial charge in [0.25, 0.3) is 0 Å². The van der Waals surface area contributed by atoms with Crippen LogP contribution in [0.4, 0.5) is 0 Å². The van der Waals surface area contributed by atoms with Crippen LogP contribution in [0.15, 0.2) is 23.1 Å². The summed E-state index contributed by atoms with van der Waals surface area (Å²) in [4.78, 5) is 15.0. The maximum atomic E-state index is 12.9. The highest BCUT2D eigenvalue weighted by Crippen LogP contribution is 2.39. The number of fused-ring (bicyclic) bond motifs is 5. The molecule has 3 fully saturated rings. The summed E-state index contributed by atoms with van der Waals surface area (Å²) >= 11 is 0. The molecule has 4 atom stereocenters. The molecule has 4 aliphatic heterocycles. The molecule has 1 aromatic carbocycles. The van der Waals surface area contributed by atoms with Crippen LogP contribution >= 0.6 is 0 Å². The Morgan fingerprint density at radius 2 is 2.07 bits per heavy atom. The molecule has 0 aromatic heterocycles. The number of carbonyl (C=O) groups excluding carboxylic acids is 1. The lowest BCUT2D eigenvalue weighted by molar-refractivity contribution is -0.148. The van der Waals surface area contributed by atoms with Gasteiger partial charge in [0.05, 0.1) is 11.5 Å². The molecule has 28 heavy (non-hydrogen) atoms. The van der Waals surface area contributed by atoms with E-state index in [0.717, 1.165) is 50.1 Å². The standard InChI is InChI=1S/C20H27N3O4S/c24-20-3-1-2-17-14-8-15(11-21-10-14)18(23(17)20)12-22-28(25,26)16-4-5-19-13(9-16)6-7-27-19/h4-5,9,14-15,17-18,21-22H,1-3,6-8,10-12H2/t14-,15+,17+,18+/m1/s1. The fourth-order valence-electron chi connectivity index (χ4n) is 5.51. The second-order valence-corrected chi connectivity index (χ2v) is 10.2. The normalized spacial score (nSPS) is 31.9. The SMILES string of the molecule is O=C1CCC[C@H]2[C@H]3CNC[C@H](C3)[C@H](CNS(=O)(=O)c3ccc4c(c3)CCO4)N12. The first-order valence-electron chi connectivity index (χ1n) is 10.3. The van der Waals surface area contributed by atoms with E-state index in [-0.39, 0.29) is 29.4 Å². The van der Waals surface area contributed by atoms with E-state index in [2.05, 4.69) is 10.0 Å². The van der Waals surface area contributed by atoms with E-state index < -0.39 is 10.0 Å². The van der Waals surface area contributed by atoms with Crippen molar-refractivity contribution in [1.29, 1.82) is 0 Å². The zero-order chi connectivity index (χ0) is 19.3. The van der Waals surface area contributed by atoms with Crippen LogP contribution in [0.25, 0.3) is 0 Å². The summed E-state index contributed by atoms with van der Waals surface area (Å²) in [5.41, 5.74) is 0.936. The van der Waals surface area contributed by atoms with E-state index >= 15 is 0 Å². The summed E-state index contributed by atoms with van der Waals surface area (Å²) < 4.78 is 34.1. The molecule has 0 radical (unpaired) electrons. The Balaban J connectivity index is 1.36. The van der Waals surface area contributed by atoms with Crippen LogP contribution in [-0.4, -0.2) is 57.5 Å². The Kier molecular flexibility index (Phi) is 4.60. The highest BCUT2D eigenvalue weighted by atomic mass is 32.2. The fraction of sp³-hybridized carbons (Fsp3) is 0.650. The third-order valence-electron chi connectivity index (χ3n) is 6.85. The number of ether oxygens (including phenoxy) is 1. The van der Waals surface area contributed by atoms with Gasteiger partial charge in [0, 0.05) is 31.5 Å². The van der Waals surface area contributed by atoms with Crippen molar-refractivity contribution in [2.75, 3.05) is 26.2 Å². The summed E-state index contributed by atoms with van der Waals surface area (Å²) in [5.74, 6) is 1.75. The molecule has 0 unspecified atom stereocenters. The molecule has 1 amide bonds. The van der Waals surface area contributed by atoms with Gasteiger partial charge >= 0.3 is 0 Å². The number of piperidine rings is 3. The van der Waals surface area contributed by atoms with Crippen molar-refractivity contribution in [2.45, 2.75) is 49.1 Å². The van der Waals surface area contributed by atoms with E-state index in [1.54, 1.807) is 18.2 Å². The van der Waals surface area contributed by atoms with Crippen LogP contribution in [0.1, 0.15) is 31.2 Å². The first-order valence-corrected chi connectivity index (χ1v) is 11.8. The molecule has 2 N–H and O–H groups in total. The van der Waals surface area contributed by atoms with Crippen LogP contribution in [0, 0.1) is 11.8 Å². The van der Waals surface area contributed by atoms with Gasteiger partial charge in [-0.25, -0.2) is 13.1 Å². The highest BCUT2D eigenvalue weighted by Gasteiger charge is 2.47. The molecule has 0 aliphatic carbocycles. The smallest absolute Gasteiger partial charge is 0.240 e. The van der Waals surface area contributed by atoms with Crippen molar-refractivity contribution < 1.29 is 17.9 Å². The number of hydrogen-bond acceptors (Lipinski definition) is 5. The number of nitrogens with zero attached hydrogens (tertiary/aromatic N) is 1. The molecule has 2 bridgehead atoms. The van der Waals surface area contributed by atoms with Crippen LogP contribution in [0.2, 0.25) is 0 Å². The molecule has 8 heteroatoms. The minimum Gasteiger partial charge on any atom is -0.493 e. The molecule has 1 aromatic rings. The maximum Gasteiger partial charge on any atom is 0.240 e. The van der Waals surface area contributed by atoms with Gasteiger partial charge in [-0.3, -0.25) is 4.79 Å². The van der Waals surface area contributed by atoms with Crippen LogP contribution in [0.5, 0.6) is 5.75 Å². The summed E-state index contributed by atoms with van der Waals surface area (Å²) in [6.07, 6.45) is 4.36. The molecule has 3 saturated heterocycles. The summed E-state index contributed by atoms with van der Waals surface area (Å²) in [7, 11) is -3.63. The van der Waals surface area contributed by atoms with Gasteiger partial charge in [0.2, 0.25) is 15.9 Å². The monoisotopic (exact) mass is 405 g/mol. The zero-order valence-corrected chi connectivity index (χ0v) is 16.7. The van der Waals surface area contributed by atoms with Crippen LogP contribution in [0.3, 0.4) is 0 Å².